The predicted molar refractivity (Wildman–Crippen MR) is 53.0 cm³/mol. The molecule has 0 unspecified atom stereocenters. The molecule has 0 aliphatic heterocycles. The number of carbonyl (C=O) groups excluding carboxylic acids is 1. The summed E-state index contributed by atoms with van der Waals surface area (Å²) in [4.78, 5) is 10.9. The lowest BCUT2D eigenvalue weighted by Gasteiger charge is -1.97. The number of carbonyl (C=O) groups is 1. The molecule has 0 saturated carbocycles. The average molecular weight is 277 g/mol. The Kier molecular flexibility index (Phi) is 2.28. The van der Waals surface area contributed by atoms with E-state index in [2.05, 4.69) is 21.0 Å². The Morgan fingerprint density at radius 3 is 3.00 bits per heavy atom. The Morgan fingerprint density at radius 1 is 1.64 bits per heavy atom. The van der Waals surface area contributed by atoms with Crippen LogP contribution in [0.25, 0.3) is 5.52 Å². The molecule has 14 heavy (non-hydrogen) atoms. The Bertz CT molecular complexity index is 525. The van der Waals surface area contributed by atoms with Crippen molar-refractivity contribution in [3.63, 3.8) is 0 Å². The maximum absolute atomic E-state index is 13.4. The van der Waals surface area contributed by atoms with Gasteiger partial charge < -0.3 is 0 Å². The number of hydrogen-bond donors (Lipinski definition) is 0. The van der Waals surface area contributed by atoms with Gasteiger partial charge in [-0.2, -0.15) is 5.10 Å². The van der Waals surface area contributed by atoms with Gasteiger partial charge in [0.2, 0.25) is 0 Å². The second-order valence-corrected chi connectivity index (χ2v) is 3.89. The third kappa shape index (κ3) is 1.42. The van der Waals surface area contributed by atoms with Crippen LogP contribution < -0.4 is 0 Å². The van der Waals surface area contributed by atoms with E-state index in [0.717, 1.165) is 0 Å². The molecular weight excluding hydrogens is 274 g/mol. The van der Waals surface area contributed by atoms with Crippen molar-refractivity contribution in [2.75, 3.05) is 0 Å². The highest BCUT2D eigenvalue weighted by Crippen LogP contribution is 2.20. The van der Waals surface area contributed by atoms with Crippen LogP contribution in [0, 0.1) is 5.82 Å². The van der Waals surface area contributed by atoms with E-state index in [0.29, 0.717) is 4.47 Å². The minimum absolute atomic E-state index is 0.0664. The van der Waals surface area contributed by atoms with Crippen LogP contribution in [0.1, 0.15) is 10.4 Å². The van der Waals surface area contributed by atoms with Crippen molar-refractivity contribution in [3.8, 4) is 0 Å². The van der Waals surface area contributed by atoms with Crippen molar-refractivity contribution in [1.82, 2.24) is 9.61 Å². The summed E-state index contributed by atoms with van der Waals surface area (Å²) in [5.74, 6) is -0.541. The third-order valence-corrected chi connectivity index (χ3v) is 2.38. The minimum atomic E-state index is -0.721. The molecule has 0 aromatic carbocycles. The van der Waals surface area contributed by atoms with Crippen molar-refractivity contribution in [1.29, 1.82) is 0 Å². The smallest absolute Gasteiger partial charge is 0.256 e. The third-order valence-electron chi connectivity index (χ3n) is 1.74. The molecule has 72 valence electrons. The highest BCUT2D eigenvalue weighted by atomic mass is 79.9. The molecule has 2 aromatic heterocycles. The Morgan fingerprint density at radius 2 is 2.36 bits per heavy atom. The van der Waals surface area contributed by atoms with Gasteiger partial charge >= 0.3 is 0 Å². The van der Waals surface area contributed by atoms with Crippen molar-refractivity contribution < 1.29 is 9.18 Å². The minimum Gasteiger partial charge on any atom is -0.275 e. The summed E-state index contributed by atoms with van der Waals surface area (Å²) < 4.78 is 15.2. The zero-order chi connectivity index (χ0) is 10.3. The maximum Gasteiger partial charge on any atom is 0.256 e. The van der Waals surface area contributed by atoms with Crippen molar-refractivity contribution >= 4 is 38.3 Å². The second kappa shape index (κ2) is 3.33. The quantitative estimate of drug-likeness (QED) is 0.751. The molecule has 2 aromatic rings. The van der Waals surface area contributed by atoms with Crippen LogP contribution in [0.15, 0.2) is 22.9 Å². The standard InChI is InChI=1S/C8H3BrClFN2O/c9-4-1-6(11)7-5(8(10)14)2-12-13(7)3-4/h1-3H. The summed E-state index contributed by atoms with van der Waals surface area (Å²) in [5.41, 5.74) is 0.157. The number of fused-ring (bicyclic) bond motifs is 1. The molecule has 0 aliphatic carbocycles. The molecular formula is C8H3BrClFN2O. The first kappa shape index (κ1) is 9.61. The highest BCUT2D eigenvalue weighted by Gasteiger charge is 2.14. The molecule has 0 atom stereocenters. The van der Waals surface area contributed by atoms with Crippen LogP contribution >= 0.6 is 27.5 Å². The van der Waals surface area contributed by atoms with E-state index in [9.17, 15) is 9.18 Å². The zero-order valence-corrected chi connectivity index (χ0v) is 9.01. The van der Waals surface area contributed by atoms with Crippen LogP contribution in [-0.2, 0) is 0 Å². The molecule has 0 aliphatic rings. The first-order valence-corrected chi connectivity index (χ1v) is 4.79. The van der Waals surface area contributed by atoms with E-state index in [1.54, 1.807) is 6.20 Å². The fourth-order valence-corrected chi connectivity index (χ4v) is 1.72. The van der Waals surface area contributed by atoms with Gasteiger partial charge in [-0.25, -0.2) is 8.91 Å². The van der Waals surface area contributed by atoms with E-state index < -0.39 is 11.1 Å². The molecule has 6 heteroatoms. The highest BCUT2D eigenvalue weighted by molar-refractivity contribution is 9.10. The summed E-state index contributed by atoms with van der Waals surface area (Å²) in [6.45, 7) is 0. The molecule has 0 amide bonds. The summed E-state index contributed by atoms with van der Waals surface area (Å²) in [6, 6.07) is 1.25. The van der Waals surface area contributed by atoms with E-state index >= 15 is 0 Å². The van der Waals surface area contributed by atoms with E-state index in [-0.39, 0.29) is 11.1 Å². The molecule has 0 saturated heterocycles. The lowest BCUT2D eigenvalue weighted by atomic mass is 10.3. The fraction of sp³-hybridized carbons (Fsp3) is 0. The normalized spacial score (nSPS) is 10.8. The number of nitrogens with zero attached hydrogens (tertiary/aromatic N) is 2. The van der Waals surface area contributed by atoms with Gasteiger partial charge in [0, 0.05) is 10.7 Å². The van der Waals surface area contributed by atoms with Gasteiger partial charge in [0.05, 0.1) is 11.8 Å². The van der Waals surface area contributed by atoms with Crippen molar-refractivity contribution in [3.05, 3.63) is 34.3 Å². The van der Waals surface area contributed by atoms with Gasteiger partial charge in [0.25, 0.3) is 5.24 Å². The van der Waals surface area contributed by atoms with Crippen LogP contribution in [0.5, 0.6) is 0 Å². The van der Waals surface area contributed by atoms with E-state index in [1.165, 1.54) is 16.8 Å². The van der Waals surface area contributed by atoms with E-state index in [4.69, 9.17) is 11.6 Å². The van der Waals surface area contributed by atoms with Gasteiger partial charge in [0.15, 0.2) is 5.82 Å². The van der Waals surface area contributed by atoms with E-state index in [1.807, 2.05) is 0 Å². The van der Waals surface area contributed by atoms with Gasteiger partial charge in [-0.3, -0.25) is 4.79 Å². The van der Waals surface area contributed by atoms with Crippen LogP contribution in [0.4, 0.5) is 4.39 Å². The first-order valence-electron chi connectivity index (χ1n) is 3.62. The number of hydrogen-bond acceptors (Lipinski definition) is 2. The Labute approximate surface area is 91.6 Å². The topological polar surface area (TPSA) is 34.4 Å². The number of aromatic nitrogens is 2. The molecule has 3 nitrogen and oxygen atoms in total. The average Bonchev–Trinajstić information content (AvgIpc) is 2.47. The zero-order valence-electron chi connectivity index (χ0n) is 6.67. The number of pyridine rings is 1. The Hall–Kier alpha value is -0.940. The Balaban J connectivity index is 2.85. The number of halogens is 3. The maximum atomic E-state index is 13.4. The largest absolute Gasteiger partial charge is 0.275 e. The monoisotopic (exact) mass is 276 g/mol. The summed E-state index contributed by atoms with van der Waals surface area (Å²) in [6.07, 6.45) is 2.78. The summed E-state index contributed by atoms with van der Waals surface area (Å²) >= 11 is 8.38. The summed E-state index contributed by atoms with van der Waals surface area (Å²) in [7, 11) is 0. The predicted octanol–water partition coefficient (Wildman–Crippen LogP) is 2.61. The molecule has 0 N–H and O–H groups in total. The molecule has 2 rings (SSSR count). The molecule has 0 spiro atoms. The molecule has 0 fully saturated rings. The molecule has 0 bridgehead atoms. The second-order valence-electron chi connectivity index (χ2n) is 2.63. The van der Waals surface area contributed by atoms with Crippen molar-refractivity contribution in [2.24, 2.45) is 0 Å². The van der Waals surface area contributed by atoms with Crippen molar-refractivity contribution in [2.45, 2.75) is 0 Å². The first-order chi connectivity index (χ1) is 6.59. The lowest BCUT2D eigenvalue weighted by Crippen LogP contribution is -1.93. The van der Waals surface area contributed by atoms with Gasteiger partial charge in [-0.1, -0.05) is 0 Å². The molecule has 0 radical (unpaired) electrons. The summed E-state index contributed by atoms with van der Waals surface area (Å²) in [5, 5.41) is 3.08. The van der Waals surface area contributed by atoms with Gasteiger partial charge in [-0.05, 0) is 33.6 Å². The SMILES string of the molecule is O=C(Cl)c1cnn2cc(Br)cc(F)c12. The van der Waals surface area contributed by atoms with Gasteiger partial charge in [0.1, 0.15) is 5.52 Å². The van der Waals surface area contributed by atoms with Crippen LogP contribution in [0.3, 0.4) is 0 Å². The van der Waals surface area contributed by atoms with Crippen LogP contribution in [-0.4, -0.2) is 14.9 Å². The van der Waals surface area contributed by atoms with Gasteiger partial charge in [-0.15, -0.1) is 0 Å². The fourth-order valence-electron chi connectivity index (χ4n) is 1.19. The van der Waals surface area contributed by atoms with Crippen LogP contribution in [0.2, 0.25) is 0 Å². The molecule has 2 heterocycles. The lowest BCUT2D eigenvalue weighted by molar-refractivity contribution is 0.108. The number of rotatable bonds is 1.